The van der Waals surface area contributed by atoms with E-state index < -0.39 is 0 Å². The molecular weight excluding hydrogens is 290 g/mol. The van der Waals surface area contributed by atoms with Gasteiger partial charge in [-0.2, -0.15) is 0 Å². The highest BCUT2D eigenvalue weighted by Gasteiger charge is 2.56. The average Bonchev–Trinajstić information content (AvgIpc) is 3.25. The van der Waals surface area contributed by atoms with E-state index in [1.54, 1.807) is 6.20 Å². The van der Waals surface area contributed by atoms with E-state index in [2.05, 4.69) is 10.3 Å². The molecule has 0 aromatic carbocycles. The number of nitrogens with zero attached hydrogens (tertiary/aromatic N) is 2. The molecule has 1 amide bonds. The van der Waals surface area contributed by atoms with Crippen molar-refractivity contribution in [3.8, 4) is 0 Å². The summed E-state index contributed by atoms with van der Waals surface area (Å²) >= 11 is 0. The zero-order chi connectivity index (χ0) is 15.8. The number of aryl methyl sites for hydroxylation is 2. The van der Waals surface area contributed by atoms with Crippen LogP contribution in [-0.4, -0.2) is 34.2 Å². The van der Waals surface area contributed by atoms with Crippen LogP contribution in [0.25, 0.3) is 0 Å². The van der Waals surface area contributed by atoms with Crippen molar-refractivity contribution in [2.45, 2.75) is 64.1 Å². The van der Waals surface area contributed by atoms with E-state index in [4.69, 9.17) is 4.74 Å². The summed E-state index contributed by atoms with van der Waals surface area (Å²) in [6, 6.07) is 0.349. The van der Waals surface area contributed by atoms with Gasteiger partial charge in [-0.05, 0) is 19.3 Å². The monoisotopic (exact) mass is 317 g/mol. The van der Waals surface area contributed by atoms with E-state index in [9.17, 15) is 4.79 Å². The van der Waals surface area contributed by atoms with E-state index in [1.165, 1.54) is 25.7 Å². The summed E-state index contributed by atoms with van der Waals surface area (Å²) in [5.74, 6) is 3.02. The van der Waals surface area contributed by atoms with Crippen molar-refractivity contribution in [2.75, 3.05) is 6.61 Å². The van der Waals surface area contributed by atoms with Gasteiger partial charge in [0.15, 0.2) is 0 Å². The number of amides is 1. The number of carbonyl (C=O) groups is 1. The van der Waals surface area contributed by atoms with Crippen molar-refractivity contribution >= 4 is 5.91 Å². The maximum Gasteiger partial charge on any atom is 0.222 e. The van der Waals surface area contributed by atoms with Crippen molar-refractivity contribution in [3.05, 3.63) is 18.2 Å². The minimum Gasteiger partial charge on any atom is -0.377 e. The molecule has 3 aliphatic rings. The fraction of sp³-hybridized carbons (Fsp3) is 0.778. The van der Waals surface area contributed by atoms with Crippen molar-refractivity contribution in [3.63, 3.8) is 0 Å². The van der Waals surface area contributed by atoms with Gasteiger partial charge in [0.05, 0.1) is 6.10 Å². The number of nitrogens with one attached hydrogen (secondary N) is 1. The summed E-state index contributed by atoms with van der Waals surface area (Å²) in [4.78, 5) is 16.6. The molecule has 2 aliphatic carbocycles. The van der Waals surface area contributed by atoms with Crippen molar-refractivity contribution in [1.29, 1.82) is 0 Å². The summed E-state index contributed by atoms with van der Waals surface area (Å²) in [5.41, 5.74) is 0. The molecule has 0 bridgehead atoms. The Morgan fingerprint density at radius 2 is 2.22 bits per heavy atom. The lowest BCUT2D eigenvalue weighted by Gasteiger charge is -2.50. The average molecular weight is 317 g/mol. The number of rotatable bonds is 5. The molecule has 0 radical (unpaired) electrons. The Hall–Kier alpha value is -1.36. The Balaban J connectivity index is 1.34. The standard InChI is InChI=1S/C18H27N3O2/c1-12-19-8-10-21(12)9-6-15(22)20-17-14-7-11-23-18(14)16(17)13-4-2-3-5-13/h8,10,13-14,16-18H,2-7,9,11H2,1H3,(H,20,22)/t14-,16+,17-,18-/m0/s1. The predicted octanol–water partition coefficient (Wildman–Crippen LogP) is 2.29. The lowest BCUT2D eigenvalue weighted by molar-refractivity contribution is -0.130. The van der Waals surface area contributed by atoms with Gasteiger partial charge in [-0.1, -0.05) is 25.7 Å². The highest BCUT2D eigenvalue weighted by Crippen LogP contribution is 2.51. The van der Waals surface area contributed by atoms with Gasteiger partial charge in [-0.15, -0.1) is 0 Å². The Labute approximate surface area is 137 Å². The molecule has 5 nitrogen and oxygen atoms in total. The fourth-order valence-corrected chi connectivity index (χ4v) is 4.98. The van der Waals surface area contributed by atoms with E-state index in [0.717, 1.165) is 24.8 Å². The molecule has 0 unspecified atom stereocenters. The molecule has 5 heteroatoms. The fourth-order valence-electron chi connectivity index (χ4n) is 4.98. The maximum absolute atomic E-state index is 12.4. The first kappa shape index (κ1) is 15.2. The Bertz CT molecular complexity index is 560. The summed E-state index contributed by atoms with van der Waals surface area (Å²) < 4.78 is 8.00. The van der Waals surface area contributed by atoms with E-state index in [0.29, 0.717) is 36.9 Å². The van der Waals surface area contributed by atoms with Crippen LogP contribution in [0.5, 0.6) is 0 Å². The molecule has 4 atom stereocenters. The topological polar surface area (TPSA) is 56.2 Å². The number of carbonyl (C=O) groups excluding carboxylic acids is 1. The van der Waals surface area contributed by atoms with Gasteiger partial charge < -0.3 is 14.6 Å². The molecule has 1 N–H and O–H groups in total. The van der Waals surface area contributed by atoms with Crippen LogP contribution in [0.4, 0.5) is 0 Å². The van der Waals surface area contributed by atoms with E-state index in [-0.39, 0.29) is 5.91 Å². The zero-order valence-corrected chi connectivity index (χ0v) is 13.9. The molecule has 23 heavy (non-hydrogen) atoms. The van der Waals surface area contributed by atoms with Crippen LogP contribution in [0.1, 0.15) is 44.3 Å². The molecule has 1 saturated heterocycles. The summed E-state index contributed by atoms with van der Waals surface area (Å²) in [6.07, 6.45) is 11.1. The van der Waals surface area contributed by atoms with E-state index in [1.807, 2.05) is 17.7 Å². The molecule has 3 fully saturated rings. The largest absolute Gasteiger partial charge is 0.377 e. The van der Waals surface area contributed by atoms with Gasteiger partial charge in [-0.25, -0.2) is 4.98 Å². The molecule has 2 saturated carbocycles. The number of hydrogen-bond donors (Lipinski definition) is 1. The highest BCUT2D eigenvalue weighted by atomic mass is 16.5. The van der Waals surface area contributed by atoms with Crippen LogP contribution in [0.2, 0.25) is 0 Å². The van der Waals surface area contributed by atoms with Gasteiger partial charge >= 0.3 is 0 Å². The second-order valence-corrected chi connectivity index (χ2v) is 7.42. The minimum absolute atomic E-state index is 0.177. The van der Waals surface area contributed by atoms with Crippen molar-refractivity contribution < 1.29 is 9.53 Å². The number of aromatic nitrogens is 2. The third-order valence-corrected chi connectivity index (χ3v) is 6.21. The molecule has 0 spiro atoms. The molecule has 4 rings (SSSR count). The maximum atomic E-state index is 12.4. The SMILES string of the molecule is Cc1nccn1CCC(=O)N[C@H]1[C@@H]2CCO[C@@H]2[C@@H]1C1CCCC1. The molecule has 126 valence electrons. The Morgan fingerprint density at radius 1 is 1.39 bits per heavy atom. The smallest absolute Gasteiger partial charge is 0.222 e. The second-order valence-electron chi connectivity index (χ2n) is 7.42. The summed E-state index contributed by atoms with van der Waals surface area (Å²) in [5, 5.41) is 3.34. The number of hydrogen-bond acceptors (Lipinski definition) is 3. The second kappa shape index (κ2) is 6.27. The first-order valence-corrected chi connectivity index (χ1v) is 9.13. The molecule has 1 aliphatic heterocycles. The van der Waals surface area contributed by atoms with Crippen LogP contribution in [0, 0.1) is 24.7 Å². The zero-order valence-electron chi connectivity index (χ0n) is 13.9. The minimum atomic E-state index is 0.177. The van der Waals surface area contributed by atoms with Crippen LogP contribution in [0.15, 0.2) is 12.4 Å². The first-order valence-electron chi connectivity index (χ1n) is 9.13. The normalized spacial score (nSPS) is 33.4. The lowest BCUT2D eigenvalue weighted by Crippen LogP contribution is -2.63. The molecule has 2 heterocycles. The van der Waals surface area contributed by atoms with E-state index >= 15 is 0 Å². The van der Waals surface area contributed by atoms with Crippen LogP contribution >= 0.6 is 0 Å². The number of ether oxygens (including phenoxy) is 1. The lowest BCUT2D eigenvalue weighted by atomic mass is 9.61. The van der Waals surface area contributed by atoms with Gasteiger partial charge in [0.25, 0.3) is 0 Å². The number of fused-ring (bicyclic) bond motifs is 1. The first-order chi connectivity index (χ1) is 11.2. The highest BCUT2D eigenvalue weighted by molar-refractivity contribution is 5.76. The van der Waals surface area contributed by atoms with Gasteiger partial charge in [-0.3, -0.25) is 4.79 Å². The van der Waals surface area contributed by atoms with Gasteiger partial charge in [0.1, 0.15) is 5.82 Å². The Kier molecular flexibility index (Phi) is 4.14. The summed E-state index contributed by atoms with van der Waals surface area (Å²) in [6.45, 7) is 3.56. The third kappa shape index (κ3) is 2.80. The quantitative estimate of drug-likeness (QED) is 0.906. The molecule has 1 aromatic rings. The van der Waals surface area contributed by atoms with Crippen LogP contribution in [-0.2, 0) is 16.1 Å². The predicted molar refractivity (Wildman–Crippen MR) is 86.8 cm³/mol. The van der Waals surface area contributed by atoms with Gasteiger partial charge in [0, 0.05) is 49.8 Å². The van der Waals surface area contributed by atoms with Crippen LogP contribution < -0.4 is 5.32 Å². The Morgan fingerprint density at radius 3 is 2.96 bits per heavy atom. The third-order valence-electron chi connectivity index (χ3n) is 6.21. The molecular formula is C18H27N3O2. The van der Waals surface area contributed by atoms with Crippen molar-refractivity contribution in [2.24, 2.45) is 17.8 Å². The molecule has 1 aromatic heterocycles. The van der Waals surface area contributed by atoms with Gasteiger partial charge in [0.2, 0.25) is 5.91 Å². The van der Waals surface area contributed by atoms with Crippen molar-refractivity contribution in [1.82, 2.24) is 14.9 Å². The van der Waals surface area contributed by atoms with Crippen LogP contribution in [0.3, 0.4) is 0 Å². The number of imidazole rings is 1. The summed E-state index contributed by atoms with van der Waals surface area (Å²) in [7, 11) is 0.